The number of likely N-dealkylation sites (tertiary alicyclic amines) is 1. The van der Waals surface area contributed by atoms with E-state index in [4.69, 9.17) is 4.74 Å². The first-order valence-corrected chi connectivity index (χ1v) is 6.66. The number of nitrogens with zero attached hydrogens (tertiary/aromatic N) is 1. The molecule has 1 aliphatic rings. The third kappa shape index (κ3) is 3.78. The SMILES string of the molecule is CCC1(C)CCC(=O)N(CC(=O)OC(C)(C)C)C1=O. The van der Waals surface area contributed by atoms with Crippen molar-refractivity contribution in [1.29, 1.82) is 0 Å². The lowest BCUT2D eigenvalue weighted by Crippen LogP contribution is -2.52. The number of carbonyl (C=O) groups excluding carboxylic acids is 3. The van der Waals surface area contributed by atoms with Gasteiger partial charge in [-0.3, -0.25) is 19.3 Å². The summed E-state index contributed by atoms with van der Waals surface area (Å²) >= 11 is 0. The lowest BCUT2D eigenvalue weighted by Gasteiger charge is -2.37. The summed E-state index contributed by atoms with van der Waals surface area (Å²) in [6, 6.07) is 0. The Balaban J connectivity index is 2.78. The largest absolute Gasteiger partial charge is 0.459 e. The Kier molecular flexibility index (Phi) is 4.38. The van der Waals surface area contributed by atoms with E-state index in [9.17, 15) is 14.4 Å². The van der Waals surface area contributed by atoms with Gasteiger partial charge in [-0.15, -0.1) is 0 Å². The normalized spacial score (nSPS) is 24.6. The van der Waals surface area contributed by atoms with Crippen LogP contribution in [0.2, 0.25) is 0 Å². The lowest BCUT2D eigenvalue weighted by atomic mass is 9.78. The van der Waals surface area contributed by atoms with Crippen molar-refractivity contribution >= 4 is 17.8 Å². The maximum atomic E-state index is 12.3. The molecule has 5 heteroatoms. The molecule has 2 amide bonds. The topological polar surface area (TPSA) is 63.7 Å². The van der Waals surface area contributed by atoms with E-state index in [1.807, 2.05) is 13.8 Å². The Labute approximate surface area is 114 Å². The van der Waals surface area contributed by atoms with Crippen LogP contribution in [0.3, 0.4) is 0 Å². The number of amides is 2. The lowest BCUT2D eigenvalue weighted by molar-refractivity contribution is -0.168. The van der Waals surface area contributed by atoms with Crippen LogP contribution in [0.15, 0.2) is 0 Å². The molecule has 0 aromatic rings. The van der Waals surface area contributed by atoms with E-state index in [0.29, 0.717) is 19.3 Å². The second-order valence-electron chi connectivity index (χ2n) is 6.29. The summed E-state index contributed by atoms with van der Waals surface area (Å²) in [6.45, 7) is 8.72. The van der Waals surface area contributed by atoms with Crippen LogP contribution in [-0.2, 0) is 19.1 Å². The Morgan fingerprint density at radius 3 is 2.42 bits per heavy atom. The van der Waals surface area contributed by atoms with Crippen molar-refractivity contribution in [2.24, 2.45) is 5.41 Å². The van der Waals surface area contributed by atoms with Gasteiger partial charge >= 0.3 is 5.97 Å². The molecule has 1 heterocycles. The average Bonchev–Trinajstić information content (AvgIpc) is 2.28. The van der Waals surface area contributed by atoms with Gasteiger partial charge < -0.3 is 4.74 Å². The molecule has 0 spiro atoms. The smallest absolute Gasteiger partial charge is 0.326 e. The Morgan fingerprint density at radius 1 is 1.37 bits per heavy atom. The van der Waals surface area contributed by atoms with Crippen LogP contribution in [0.5, 0.6) is 0 Å². The molecule has 108 valence electrons. The van der Waals surface area contributed by atoms with Crippen LogP contribution < -0.4 is 0 Å². The van der Waals surface area contributed by atoms with Crippen LogP contribution in [0, 0.1) is 5.41 Å². The second-order valence-corrected chi connectivity index (χ2v) is 6.29. The first-order valence-electron chi connectivity index (χ1n) is 6.66. The molecule has 1 fully saturated rings. The molecule has 1 rings (SSSR count). The van der Waals surface area contributed by atoms with Crippen molar-refractivity contribution in [3.05, 3.63) is 0 Å². The van der Waals surface area contributed by atoms with Crippen LogP contribution in [0.25, 0.3) is 0 Å². The molecule has 1 unspecified atom stereocenters. The van der Waals surface area contributed by atoms with Gasteiger partial charge in [0.25, 0.3) is 0 Å². The molecular formula is C14H23NO4. The molecule has 0 bridgehead atoms. The minimum atomic E-state index is -0.618. The fraction of sp³-hybridized carbons (Fsp3) is 0.786. The summed E-state index contributed by atoms with van der Waals surface area (Å²) in [5, 5.41) is 0. The fourth-order valence-corrected chi connectivity index (χ4v) is 2.05. The Hall–Kier alpha value is -1.39. The highest BCUT2D eigenvalue weighted by Gasteiger charge is 2.43. The van der Waals surface area contributed by atoms with E-state index in [1.165, 1.54) is 0 Å². The zero-order valence-corrected chi connectivity index (χ0v) is 12.4. The van der Waals surface area contributed by atoms with Crippen molar-refractivity contribution in [2.75, 3.05) is 6.54 Å². The highest BCUT2D eigenvalue weighted by atomic mass is 16.6. The Morgan fingerprint density at radius 2 is 1.95 bits per heavy atom. The third-order valence-corrected chi connectivity index (χ3v) is 3.44. The average molecular weight is 269 g/mol. The van der Waals surface area contributed by atoms with E-state index >= 15 is 0 Å². The van der Waals surface area contributed by atoms with E-state index in [0.717, 1.165) is 4.90 Å². The molecule has 5 nitrogen and oxygen atoms in total. The predicted octanol–water partition coefficient (Wildman–Crippen LogP) is 1.89. The molecular weight excluding hydrogens is 246 g/mol. The van der Waals surface area contributed by atoms with Crippen molar-refractivity contribution in [1.82, 2.24) is 4.90 Å². The second kappa shape index (κ2) is 5.31. The summed E-state index contributed by atoms with van der Waals surface area (Å²) in [6.07, 6.45) is 1.51. The maximum Gasteiger partial charge on any atom is 0.326 e. The van der Waals surface area contributed by atoms with Gasteiger partial charge in [-0.1, -0.05) is 13.8 Å². The molecule has 0 N–H and O–H groups in total. The quantitative estimate of drug-likeness (QED) is 0.580. The van der Waals surface area contributed by atoms with Gasteiger partial charge in [0, 0.05) is 11.8 Å². The first kappa shape index (κ1) is 15.7. The fourth-order valence-electron chi connectivity index (χ4n) is 2.05. The number of hydrogen-bond acceptors (Lipinski definition) is 4. The van der Waals surface area contributed by atoms with Crippen molar-refractivity contribution < 1.29 is 19.1 Å². The molecule has 0 radical (unpaired) electrons. The number of carbonyl (C=O) groups is 3. The monoisotopic (exact) mass is 269 g/mol. The zero-order chi connectivity index (χ0) is 14.8. The Bertz CT molecular complexity index is 397. The highest BCUT2D eigenvalue weighted by molar-refractivity contribution is 6.02. The molecule has 0 aromatic carbocycles. The molecule has 0 aliphatic carbocycles. The number of imide groups is 1. The van der Waals surface area contributed by atoms with Gasteiger partial charge in [-0.05, 0) is 33.6 Å². The van der Waals surface area contributed by atoms with Gasteiger partial charge in [-0.2, -0.15) is 0 Å². The van der Waals surface area contributed by atoms with Gasteiger partial charge in [0.1, 0.15) is 12.1 Å². The van der Waals surface area contributed by atoms with E-state index in [1.54, 1.807) is 20.8 Å². The van der Waals surface area contributed by atoms with Crippen LogP contribution in [-0.4, -0.2) is 34.8 Å². The molecule has 1 aliphatic heterocycles. The number of rotatable bonds is 3. The van der Waals surface area contributed by atoms with E-state index in [2.05, 4.69) is 0 Å². The summed E-state index contributed by atoms with van der Waals surface area (Å²) in [7, 11) is 0. The van der Waals surface area contributed by atoms with Crippen molar-refractivity contribution in [3.8, 4) is 0 Å². The molecule has 1 saturated heterocycles. The van der Waals surface area contributed by atoms with Gasteiger partial charge in [0.2, 0.25) is 11.8 Å². The zero-order valence-electron chi connectivity index (χ0n) is 12.4. The molecule has 1 atom stereocenters. The summed E-state index contributed by atoms with van der Waals surface area (Å²) in [4.78, 5) is 36.9. The standard InChI is InChI=1S/C14H23NO4/c1-6-14(5)8-7-10(16)15(12(14)18)9-11(17)19-13(2,3)4/h6-9H2,1-5H3. The van der Waals surface area contributed by atoms with Crippen molar-refractivity contribution in [2.45, 2.75) is 59.5 Å². The predicted molar refractivity (Wildman–Crippen MR) is 70.2 cm³/mol. The minimum Gasteiger partial charge on any atom is -0.459 e. The van der Waals surface area contributed by atoms with Gasteiger partial charge in [0.05, 0.1) is 0 Å². The van der Waals surface area contributed by atoms with E-state index < -0.39 is 17.0 Å². The summed E-state index contributed by atoms with van der Waals surface area (Å²) < 4.78 is 5.15. The highest BCUT2D eigenvalue weighted by Crippen LogP contribution is 2.34. The number of esters is 1. The summed E-state index contributed by atoms with van der Waals surface area (Å²) in [5.41, 5.74) is -1.16. The van der Waals surface area contributed by atoms with Crippen LogP contribution in [0.1, 0.15) is 53.9 Å². The van der Waals surface area contributed by atoms with Crippen molar-refractivity contribution in [3.63, 3.8) is 0 Å². The number of hydrogen-bond donors (Lipinski definition) is 0. The van der Waals surface area contributed by atoms with Crippen LogP contribution in [0.4, 0.5) is 0 Å². The van der Waals surface area contributed by atoms with Crippen LogP contribution >= 0.6 is 0 Å². The summed E-state index contributed by atoms with van der Waals surface area (Å²) in [5.74, 6) is -1.10. The number of ether oxygens (including phenoxy) is 1. The minimum absolute atomic E-state index is 0.267. The molecule has 0 aromatic heterocycles. The third-order valence-electron chi connectivity index (χ3n) is 3.44. The van der Waals surface area contributed by atoms with E-state index in [-0.39, 0.29) is 18.4 Å². The molecule has 19 heavy (non-hydrogen) atoms. The van der Waals surface area contributed by atoms with Gasteiger partial charge in [-0.25, -0.2) is 0 Å². The number of piperidine rings is 1. The molecule has 0 saturated carbocycles. The maximum absolute atomic E-state index is 12.3. The van der Waals surface area contributed by atoms with Gasteiger partial charge in [0.15, 0.2) is 0 Å². The first-order chi connectivity index (χ1) is 8.59.